The average molecular weight is 419 g/mol. The van der Waals surface area contributed by atoms with E-state index in [4.69, 9.17) is 14.6 Å². The van der Waals surface area contributed by atoms with Crippen molar-refractivity contribution in [1.29, 1.82) is 0 Å². The molecule has 4 aromatic rings. The standard InChI is InChI=1S/C23H25N5O3/c1-15-11-16(2)25-22-21(15)23(27-9-5-6-10-27)26-28(22)14-20(29)24-13-17-12-18(30-3)7-8-19(17)31-4/h5-12H,13-14H2,1-4H3,(H,24,29). The van der Waals surface area contributed by atoms with E-state index in [1.165, 1.54) is 0 Å². The zero-order chi connectivity index (χ0) is 22.0. The number of hydrogen-bond acceptors (Lipinski definition) is 5. The maximum Gasteiger partial charge on any atom is 0.242 e. The number of carbonyl (C=O) groups is 1. The van der Waals surface area contributed by atoms with Gasteiger partial charge in [0, 0.05) is 30.2 Å². The van der Waals surface area contributed by atoms with E-state index in [2.05, 4.69) is 10.3 Å². The van der Waals surface area contributed by atoms with Crippen LogP contribution in [0.3, 0.4) is 0 Å². The fraction of sp³-hybridized carbons (Fsp3) is 0.261. The molecule has 3 aromatic heterocycles. The van der Waals surface area contributed by atoms with Crippen LogP contribution in [0.1, 0.15) is 16.8 Å². The van der Waals surface area contributed by atoms with Gasteiger partial charge >= 0.3 is 0 Å². The zero-order valence-electron chi connectivity index (χ0n) is 18.0. The minimum absolute atomic E-state index is 0.0555. The summed E-state index contributed by atoms with van der Waals surface area (Å²) >= 11 is 0. The van der Waals surface area contributed by atoms with Crippen molar-refractivity contribution < 1.29 is 14.3 Å². The van der Waals surface area contributed by atoms with Crippen LogP contribution in [0, 0.1) is 13.8 Å². The Morgan fingerprint density at radius 3 is 2.58 bits per heavy atom. The van der Waals surface area contributed by atoms with Gasteiger partial charge in [0.2, 0.25) is 5.91 Å². The molecule has 0 saturated carbocycles. The molecule has 3 heterocycles. The molecule has 0 unspecified atom stereocenters. The molecule has 1 amide bonds. The van der Waals surface area contributed by atoms with E-state index < -0.39 is 0 Å². The fourth-order valence-corrected chi connectivity index (χ4v) is 3.66. The van der Waals surface area contributed by atoms with Crippen molar-refractivity contribution >= 4 is 16.9 Å². The highest BCUT2D eigenvalue weighted by Crippen LogP contribution is 2.26. The van der Waals surface area contributed by atoms with E-state index in [1.54, 1.807) is 18.9 Å². The predicted molar refractivity (Wildman–Crippen MR) is 118 cm³/mol. The maximum atomic E-state index is 12.8. The molecule has 0 aliphatic carbocycles. The van der Waals surface area contributed by atoms with E-state index in [0.717, 1.165) is 28.0 Å². The second kappa shape index (κ2) is 8.51. The Morgan fingerprint density at radius 1 is 1.10 bits per heavy atom. The van der Waals surface area contributed by atoms with Crippen LogP contribution < -0.4 is 14.8 Å². The molecule has 0 fully saturated rings. The number of benzene rings is 1. The van der Waals surface area contributed by atoms with Crippen molar-refractivity contribution in [3.8, 4) is 17.3 Å². The lowest BCUT2D eigenvalue weighted by Crippen LogP contribution is -2.28. The van der Waals surface area contributed by atoms with Gasteiger partial charge in [-0.15, -0.1) is 0 Å². The first-order valence-corrected chi connectivity index (χ1v) is 9.96. The SMILES string of the molecule is COc1ccc(OC)c(CNC(=O)Cn2nc(-n3cccc3)c3c(C)cc(C)nc32)c1. The molecule has 0 atom stereocenters. The topological polar surface area (TPSA) is 83.2 Å². The van der Waals surface area contributed by atoms with Crippen molar-refractivity contribution in [2.24, 2.45) is 0 Å². The Morgan fingerprint density at radius 2 is 1.87 bits per heavy atom. The first-order valence-electron chi connectivity index (χ1n) is 9.96. The number of fused-ring (bicyclic) bond motifs is 1. The highest BCUT2D eigenvalue weighted by molar-refractivity contribution is 5.88. The number of ether oxygens (including phenoxy) is 2. The van der Waals surface area contributed by atoms with E-state index in [1.807, 2.05) is 67.2 Å². The maximum absolute atomic E-state index is 12.8. The van der Waals surface area contributed by atoms with Gasteiger partial charge < -0.3 is 19.4 Å². The van der Waals surface area contributed by atoms with E-state index in [0.29, 0.717) is 23.7 Å². The van der Waals surface area contributed by atoms with Gasteiger partial charge in [-0.25, -0.2) is 9.67 Å². The summed E-state index contributed by atoms with van der Waals surface area (Å²) in [6, 6.07) is 11.4. The summed E-state index contributed by atoms with van der Waals surface area (Å²) in [5.74, 6) is 1.98. The summed E-state index contributed by atoms with van der Waals surface area (Å²) in [6.07, 6.45) is 3.86. The molecule has 1 N–H and O–H groups in total. The molecular weight excluding hydrogens is 394 g/mol. The Labute approximate surface area is 180 Å². The van der Waals surface area contributed by atoms with Crippen LogP contribution in [0.15, 0.2) is 48.8 Å². The van der Waals surface area contributed by atoms with Gasteiger partial charge in [0.1, 0.15) is 18.0 Å². The molecule has 0 aliphatic rings. The molecule has 0 bridgehead atoms. The Hall–Kier alpha value is -3.81. The lowest BCUT2D eigenvalue weighted by molar-refractivity contribution is -0.121. The van der Waals surface area contributed by atoms with Crippen molar-refractivity contribution in [2.75, 3.05) is 14.2 Å². The van der Waals surface area contributed by atoms with E-state index in [9.17, 15) is 4.79 Å². The molecule has 0 radical (unpaired) electrons. The minimum atomic E-state index is -0.172. The molecule has 31 heavy (non-hydrogen) atoms. The number of amides is 1. The Balaban J connectivity index is 1.60. The summed E-state index contributed by atoms with van der Waals surface area (Å²) in [7, 11) is 3.20. The monoisotopic (exact) mass is 419 g/mol. The molecule has 8 heteroatoms. The average Bonchev–Trinajstić information content (AvgIpc) is 3.40. The highest BCUT2D eigenvalue weighted by atomic mass is 16.5. The van der Waals surface area contributed by atoms with Gasteiger partial charge in [0.15, 0.2) is 11.5 Å². The first-order chi connectivity index (χ1) is 15.0. The van der Waals surface area contributed by atoms with Gasteiger partial charge in [0.25, 0.3) is 0 Å². The molecule has 0 spiro atoms. The molecule has 160 valence electrons. The minimum Gasteiger partial charge on any atom is -0.497 e. The predicted octanol–water partition coefficient (Wildman–Crippen LogP) is 3.17. The van der Waals surface area contributed by atoms with Gasteiger partial charge in [-0.3, -0.25) is 4.79 Å². The fourth-order valence-electron chi connectivity index (χ4n) is 3.66. The third kappa shape index (κ3) is 4.09. The smallest absolute Gasteiger partial charge is 0.242 e. The lowest BCUT2D eigenvalue weighted by Gasteiger charge is -2.11. The van der Waals surface area contributed by atoms with Crippen LogP contribution in [0.5, 0.6) is 11.5 Å². The lowest BCUT2D eigenvalue weighted by atomic mass is 10.2. The zero-order valence-corrected chi connectivity index (χ0v) is 18.0. The van der Waals surface area contributed by atoms with Crippen LogP contribution in [0.4, 0.5) is 0 Å². The van der Waals surface area contributed by atoms with Crippen LogP contribution in [0.25, 0.3) is 16.9 Å². The number of rotatable bonds is 7. The summed E-state index contributed by atoms with van der Waals surface area (Å²) < 4.78 is 14.2. The number of pyridine rings is 1. The van der Waals surface area contributed by atoms with Crippen molar-refractivity contribution in [1.82, 2.24) is 24.6 Å². The summed E-state index contributed by atoms with van der Waals surface area (Å²) in [5.41, 5.74) is 3.47. The summed E-state index contributed by atoms with van der Waals surface area (Å²) in [5, 5.41) is 8.58. The van der Waals surface area contributed by atoms with Gasteiger partial charge in [-0.1, -0.05) is 0 Å². The summed E-state index contributed by atoms with van der Waals surface area (Å²) in [6.45, 7) is 4.34. The van der Waals surface area contributed by atoms with Crippen molar-refractivity contribution in [3.05, 3.63) is 65.6 Å². The Kier molecular flexibility index (Phi) is 5.62. The third-order valence-corrected chi connectivity index (χ3v) is 5.12. The van der Waals surface area contributed by atoms with Gasteiger partial charge in [-0.05, 0) is 55.8 Å². The number of aryl methyl sites for hydroxylation is 2. The molecule has 4 rings (SSSR count). The van der Waals surface area contributed by atoms with Crippen LogP contribution >= 0.6 is 0 Å². The van der Waals surface area contributed by atoms with E-state index >= 15 is 0 Å². The van der Waals surface area contributed by atoms with Crippen LogP contribution in [0.2, 0.25) is 0 Å². The van der Waals surface area contributed by atoms with Crippen molar-refractivity contribution in [3.63, 3.8) is 0 Å². The number of carbonyl (C=O) groups excluding carboxylic acids is 1. The van der Waals surface area contributed by atoms with E-state index in [-0.39, 0.29) is 12.5 Å². The highest BCUT2D eigenvalue weighted by Gasteiger charge is 2.18. The number of methoxy groups -OCH3 is 2. The molecule has 8 nitrogen and oxygen atoms in total. The van der Waals surface area contributed by atoms with Crippen LogP contribution in [-0.4, -0.2) is 39.5 Å². The van der Waals surface area contributed by atoms with Gasteiger partial charge in [0.05, 0.1) is 19.6 Å². The second-order valence-corrected chi connectivity index (χ2v) is 7.31. The molecular formula is C23H25N5O3. The Bertz CT molecular complexity index is 1230. The number of nitrogens with zero attached hydrogens (tertiary/aromatic N) is 4. The summed E-state index contributed by atoms with van der Waals surface area (Å²) in [4.78, 5) is 17.4. The third-order valence-electron chi connectivity index (χ3n) is 5.12. The van der Waals surface area contributed by atoms with Crippen LogP contribution in [-0.2, 0) is 17.9 Å². The molecule has 1 aromatic carbocycles. The largest absolute Gasteiger partial charge is 0.497 e. The number of nitrogens with one attached hydrogen (secondary N) is 1. The van der Waals surface area contributed by atoms with Crippen molar-refractivity contribution in [2.45, 2.75) is 26.9 Å². The number of hydrogen-bond donors (Lipinski definition) is 1. The normalized spacial score (nSPS) is 11.0. The second-order valence-electron chi connectivity index (χ2n) is 7.31. The van der Waals surface area contributed by atoms with Gasteiger partial charge in [-0.2, -0.15) is 5.10 Å². The molecule has 0 saturated heterocycles. The quantitative estimate of drug-likeness (QED) is 0.498. The number of aromatic nitrogens is 4. The molecule has 0 aliphatic heterocycles. The first kappa shape index (κ1) is 20.5.